The van der Waals surface area contributed by atoms with Crippen LogP contribution in [0.15, 0.2) is 12.3 Å². The number of rotatable bonds is 4. The topological polar surface area (TPSA) is 61.8 Å². The normalized spacial score (nSPS) is 28.4. The number of nitrogens with zero attached hydrogens (tertiary/aromatic N) is 5. The molecule has 1 atom stereocenters. The predicted octanol–water partition coefficient (Wildman–Crippen LogP) is 1.36. The molecule has 0 radical (unpaired) electrons. The van der Waals surface area contributed by atoms with E-state index in [-0.39, 0.29) is 10.8 Å². The van der Waals surface area contributed by atoms with Gasteiger partial charge in [-0.15, -0.1) is 0 Å². The molecule has 1 saturated carbocycles. The molecular weight excluding hydrogens is 354 g/mol. The van der Waals surface area contributed by atoms with Gasteiger partial charge in [0.2, 0.25) is 11.9 Å². The van der Waals surface area contributed by atoms with Gasteiger partial charge in [-0.3, -0.25) is 4.79 Å². The summed E-state index contributed by atoms with van der Waals surface area (Å²) in [5, 5.41) is 0. The van der Waals surface area contributed by atoms with Crippen LogP contribution in [-0.2, 0) is 9.53 Å². The highest BCUT2D eigenvalue weighted by Gasteiger charge is 2.59. The van der Waals surface area contributed by atoms with Crippen LogP contribution in [0.5, 0.6) is 0 Å². The molecule has 5 rings (SSSR count). The largest absolute Gasteiger partial charge is 0.378 e. The highest BCUT2D eigenvalue weighted by Crippen LogP contribution is 2.54. The summed E-state index contributed by atoms with van der Waals surface area (Å²) in [4.78, 5) is 29.2. The van der Waals surface area contributed by atoms with Crippen LogP contribution in [0.25, 0.3) is 0 Å². The van der Waals surface area contributed by atoms with Gasteiger partial charge in [0.1, 0.15) is 0 Å². The van der Waals surface area contributed by atoms with Crippen LogP contribution in [0.4, 0.5) is 5.95 Å². The summed E-state index contributed by atoms with van der Waals surface area (Å²) in [7, 11) is 2.19. The van der Waals surface area contributed by atoms with Gasteiger partial charge < -0.3 is 19.4 Å². The molecule has 1 aromatic rings. The Morgan fingerprint density at radius 2 is 2.00 bits per heavy atom. The molecule has 7 heteroatoms. The van der Waals surface area contributed by atoms with Crippen LogP contribution >= 0.6 is 0 Å². The van der Waals surface area contributed by atoms with Crippen molar-refractivity contribution >= 4 is 11.9 Å². The Labute approximate surface area is 167 Å². The molecule has 1 aromatic heterocycles. The molecular formula is C21H31N5O2. The second-order valence-electron chi connectivity index (χ2n) is 9.29. The number of likely N-dealkylation sites (tertiary alicyclic amines) is 2. The number of aromatic nitrogens is 2. The standard InChI is InChI=1S/C21H31N5O2/c1-3-20(5-6-20)18(27)26-14-21(15-26)13-24(2)12-16(21)17-4-7-22-19(23-17)25-8-10-28-11-9-25/h4,7,16H,3,5-6,8-15H2,1-2H3. The Morgan fingerprint density at radius 1 is 1.25 bits per heavy atom. The number of hydrogen-bond acceptors (Lipinski definition) is 6. The Hall–Kier alpha value is -1.73. The molecule has 3 aliphatic heterocycles. The summed E-state index contributed by atoms with van der Waals surface area (Å²) in [6.45, 7) is 9.11. The summed E-state index contributed by atoms with van der Waals surface area (Å²) in [5.74, 6) is 1.58. The van der Waals surface area contributed by atoms with E-state index in [0.29, 0.717) is 11.8 Å². The zero-order valence-corrected chi connectivity index (χ0v) is 17.1. The average Bonchev–Trinajstić information content (AvgIpc) is 3.43. The first-order chi connectivity index (χ1) is 13.6. The zero-order valence-electron chi connectivity index (χ0n) is 17.1. The Morgan fingerprint density at radius 3 is 2.68 bits per heavy atom. The first-order valence-electron chi connectivity index (χ1n) is 10.7. The molecule has 0 aromatic carbocycles. The summed E-state index contributed by atoms with van der Waals surface area (Å²) in [6.07, 6.45) is 5.03. The molecule has 152 valence electrons. The highest BCUT2D eigenvalue weighted by atomic mass is 16.5. The fraction of sp³-hybridized carbons (Fsp3) is 0.762. The lowest BCUT2D eigenvalue weighted by Gasteiger charge is -2.52. The molecule has 7 nitrogen and oxygen atoms in total. The third kappa shape index (κ3) is 2.90. The van der Waals surface area contributed by atoms with E-state index in [1.807, 2.05) is 6.20 Å². The van der Waals surface area contributed by atoms with E-state index < -0.39 is 0 Å². The highest BCUT2D eigenvalue weighted by molar-refractivity contribution is 5.86. The van der Waals surface area contributed by atoms with Gasteiger partial charge in [0.25, 0.3) is 0 Å². The van der Waals surface area contributed by atoms with E-state index in [1.165, 1.54) is 0 Å². The minimum atomic E-state index is -0.0277. The lowest BCUT2D eigenvalue weighted by atomic mass is 9.69. The van der Waals surface area contributed by atoms with Crippen molar-refractivity contribution in [2.75, 3.05) is 64.4 Å². The third-order valence-electron chi connectivity index (χ3n) is 7.42. The van der Waals surface area contributed by atoms with Gasteiger partial charge in [-0.1, -0.05) is 6.92 Å². The first kappa shape index (κ1) is 18.3. The average molecular weight is 386 g/mol. The smallest absolute Gasteiger partial charge is 0.228 e. The van der Waals surface area contributed by atoms with Gasteiger partial charge in [-0.05, 0) is 32.4 Å². The molecule has 4 aliphatic rings. The lowest BCUT2D eigenvalue weighted by molar-refractivity contribution is -0.149. The summed E-state index contributed by atoms with van der Waals surface area (Å²) < 4.78 is 5.46. The fourth-order valence-electron chi connectivity index (χ4n) is 5.48. The Kier molecular flexibility index (Phi) is 4.36. The molecule has 1 unspecified atom stereocenters. The maximum absolute atomic E-state index is 12.9. The summed E-state index contributed by atoms with van der Waals surface area (Å²) >= 11 is 0. The number of likely N-dealkylation sites (N-methyl/N-ethyl adjacent to an activating group) is 1. The van der Waals surface area contributed by atoms with Crippen molar-refractivity contribution < 1.29 is 9.53 Å². The maximum Gasteiger partial charge on any atom is 0.228 e. The van der Waals surface area contributed by atoms with Crippen LogP contribution in [0, 0.1) is 10.8 Å². The van der Waals surface area contributed by atoms with Gasteiger partial charge >= 0.3 is 0 Å². The van der Waals surface area contributed by atoms with E-state index in [9.17, 15) is 4.79 Å². The number of morpholine rings is 1. The SMILES string of the molecule is CCC1(C(=O)N2CC3(CN(C)CC3c3ccnc(N4CCOCC4)n3)C2)CC1. The lowest BCUT2D eigenvalue weighted by Crippen LogP contribution is -2.62. The number of amides is 1. The molecule has 3 saturated heterocycles. The predicted molar refractivity (Wildman–Crippen MR) is 106 cm³/mol. The minimum Gasteiger partial charge on any atom is -0.378 e. The van der Waals surface area contributed by atoms with E-state index in [0.717, 1.165) is 83.4 Å². The molecule has 1 aliphatic carbocycles. The van der Waals surface area contributed by atoms with Crippen LogP contribution < -0.4 is 4.90 Å². The van der Waals surface area contributed by atoms with Gasteiger partial charge in [0.05, 0.1) is 18.9 Å². The van der Waals surface area contributed by atoms with Crippen LogP contribution in [0.2, 0.25) is 0 Å². The van der Waals surface area contributed by atoms with Crippen molar-refractivity contribution in [3.63, 3.8) is 0 Å². The Balaban J connectivity index is 1.34. The van der Waals surface area contributed by atoms with Crippen LogP contribution in [0.3, 0.4) is 0 Å². The molecule has 1 amide bonds. The van der Waals surface area contributed by atoms with Gasteiger partial charge in [0, 0.05) is 62.2 Å². The van der Waals surface area contributed by atoms with E-state index >= 15 is 0 Å². The molecule has 4 heterocycles. The number of ether oxygens (including phenoxy) is 1. The monoisotopic (exact) mass is 385 g/mol. The van der Waals surface area contributed by atoms with Crippen LogP contribution in [0.1, 0.15) is 37.8 Å². The quantitative estimate of drug-likeness (QED) is 0.780. The van der Waals surface area contributed by atoms with Crippen molar-refractivity contribution in [3.8, 4) is 0 Å². The third-order valence-corrected chi connectivity index (χ3v) is 7.42. The maximum atomic E-state index is 12.9. The van der Waals surface area contributed by atoms with Crippen molar-refractivity contribution in [2.45, 2.75) is 32.1 Å². The van der Waals surface area contributed by atoms with Gasteiger partial charge in [0.15, 0.2) is 0 Å². The summed E-state index contributed by atoms with van der Waals surface area (Å²) in [6, 6.07) is 2.08. The summed E-state index contributed by atoms with van der Waals surface area (Å²) in [5.41, 5.74) is 1.25. The molecule has 4 fully saturated rings. The molecule has 0 N–H and O–H groups in total. The van der Waals surface area contributed by atoms with Crippen LogP contribution in [-0.4, -0.2) is 85.2 Å². The zero-order chi connectivity index (χ0) is 19.4. The second kappa shape index (κ2) is 6.66. The van der Waals surface area contributed by atoms with E-state index in [2.05, 4.69) is 39.7 Å². The van der Waals surface area contributed by atoms with Crippen molar-refractivity contribution in [3.05, 3.63) is 18.0 Å². The van der Waals surface area contributed by atoms with Crippen molar-refractivity contribution in [2.24, 2.45) is 10.8 Å². The molecule has 0 bridgehead atoms. The Bertz CT molecular complexity index is 753. The first-order valence-corrected chi connectivity index (χ1v) is 10.7. The molecule has 28 heavy (non-hydrogen) atoms. The second-order valence-corrected chi connectivity index (χ2v) is 9.29. The number of carbonyl (C=O) groups excluding carboxylic acids is 1. The fourth-order valence-corrected chi connectivity index (χ4v) is 5.48. The van der Waals surface area contributed by atoms with Gasteiger partial charge in [-0.2, -0.15) is 0 Å². The number of anilines is 1. The van der Waals surface area contributed by atoms with E-state index in [1.54, 1.807) is 0 Å². The number of carbonyl (C=O) groups is 1. The van der Waals surface area contributed by atoms with E-state index in [4.69, 9.17) is 9.72 Å². The minimum absolute atomic E-state index is 0.0277. The van der Waals surface area contributed by atoms with Crippen molar-refractivity contribution in [1.29, 1.82) is 0 Å². The number of hydrogen-bond donors (Lipinski definition) is 0. The van der Waals surface area contributed by atoms with Crippen molar-refractivity contribution in [1.82, 2.24) is 19.8 Å². The molecule has 1 spiro atoms. The van der Waals surface area contributed by atoms with Gasteiger partial charge in [-0.25, -0.2) is 9.97 Å².